The van der Waals surface area contributed by atoms with E-state index in [4.69, 9.17) is 5.73 Å². The van der Waals surface area contributed by atoms with Crippen LogP contribution in [0.15, 0.2) is 6.33 Å². The highest BCUT2D eigenvalue weighted by Crippen LogP contribution is 2.37. The van der Waals surface area contributed by atoms with Crippen LogP contribution in [0.3, 0.4) is 0 Å². The Morgan fingerprint density at radius 2 is 2.25 bits per heavy atom. The first-order valence-corrected chi connectivity index (χ1v) is 7.70. The first-order valence-electron chi connectivity index (χ1n) is 7.70. The van der Waals surface area contributed by atoms with Crippen LogP contribution in [0.1, 0.15) is 56.0 Å². The van der Waals surface area contributed by atoms with E-state index in [1.54, 1.807) is 0 Å². The number of nitrogens with zero attached hydrogens (tertiary/aromatic N) is 2. The van der Waals surface area contributed by atoms with Crippen molar-refractivity contribution in [2.45, 2.75) is 62.9 Å². The molecule has 0 aliphatic heterocycles. The molecule has 1 aromatic rings. The van der Waals surface area contributed by atoms with Crippen LogP contribution < -0.4 is 11.1 Å². The summed E-state index contributed by atoms with van der Waals surface area (Å²) in [5.41, 5.74) is 7.74. The highest BCUT2D eigenvalue weighted by Gasteiger charge is 2.41. The third kappa shape index (κ3) is 2.14. The number of hydrogen-bond donors (Lipinski definition) is 2. The Morgan fingerprint density at radius 3 is 3.00 bits per heavy atom. The van der Waals surface area contributed by atoms with Crippen LogP contribution in [0.5, 0.6) is 0 Å². The number of carbonyl (C=O) groups is 1. The molecular formula is C15H24N4O. The van der Waals surface area contributed by atoms with Crippen molar-refractivity contribution in [1.82, 2.24) is 14.9 Å². The van der Waals surface area contributed by atoms with Crippen LogP contribution in [0.25, 0.3) is 0 Å². The van der Waals surface area contributed by atoms with Crippen molar-refractivity contribution in [3.63, 3.8) is 0 Å². The molecule has 3 N–H and O–H groups in total. The maximum absolute atomic E-state index is 11.8. The summed E-state index contributed by atoms with van der Waals surface area (Å²) in [7, 11) is 1.84. The van der Waals surface area contributed by atoms with Crippen LogP contribution in [0, 0.1) is 0 Å². The van der Waals surface area contributed by atoms with E-state index in [1.807, 2.05) is 13.4 Å². The van der Waals surface area contributed by atoms with E-state index in [1.165, 1.54) is 24.2 Å². The lowest BCUT2D eigenvalue weighted by atomic mass is 9.78. The lowest BCUT2D eigenvalue weighted by Crippen LogP contribution is -2.56. The second-order valence-electron chi connectivity index (χ2n) is 6.20. The van der Waals surface area contributed by atoms with Gasteiger partial charge in [0.05, 0.1) is 17.6 Å². The van der Waals surface area contributed by atoms with Crippen molar-refractivity contribution in [3.8, 4) is 0 Å². The maximum atomic E-state index is 11.8. The zero-order valence-corrected chi connectivity index (χ0v) is 12.2. The Balaban J connectivity index is 1.87. The zero-order chi connectivity index (χ0) is 14.2. The molecule has 20 heavy (non-hydrogen) atoms. The minimum absolute atomic E-state index is 0.223. The van der Waals surface area contributed by atoms with E-state index in [0.29, 0.717) is 6.04 Å². The molecule has 5 nitrogen and oxygen atoms in total. The van der Waals surface area contributed by atoms with E-state index in [-0.39, 0.29) is 5.91 Å². The molecule has 0 saturated heterocycles. The van der Waals surface area contributed by atoms with Crippen LogP contribution in [0.4, 0.5) is 0 Å². The van der Waals surface area contributed by atoms with Crippen LogP contribution >= 0.6 is 0 Å². The first-order chi connectivity index (χ1) is 9.66. The number of likely N-dealkylation sites (N-methyl/N-ethyl adjacent to an activating group) is 1. The zero-order valence-electron chi connectivity index (χ0n) is 12.2. The Labute approximate surface area is 119 Å². The van der Waals surface area contributed by atoms with Crippen molar-refractivity contribution in [2.75, 3.05) is 7.05 Å². The number of nitrogens with one attached hydrogen (secondary N) is 1. The third-order valence-corrected chi connectivity index (χ3v) is 5.13. The van der Waals surface area contributed by atoms with E-state index in [0.717, 1.165) is 38.5 Å². The molecule has 0 aromatic carbocycles. The van der Waals surface area contributed by atoms with Crippen molar-refractivity contribution in [1.29, 1.82) is 0 Å². The molecule has 2 aliphatic carbocycles. The highest BCUT2D eigenvalue weighted by molar-refractivity contribution is 5.84. The molecule has 2 unspecified atom stereocenters. The smallest absolute Gasteiger partial charge is 0.237 e. The Bertz CT molecular complexity index is 510. The predicted molar refractivity (Wildman–Crippen MR) is 77.4 cm³/mol. The minimum Gasteiger partial charge on any atom is -0.368 e. The number of rotatable bonds is 3. The van der Waals surface area contributed by atoms with E-state index >= 15 is 0 Å². The van der Waals surface area contributed by atoms with Gasteiger partial charge in [-0.15, -0.1) is 0 Å². The number of primary amides is 1. The van der Waals surface area contributed by atoms with Gasteiger partial charge in [-0.05, 0) is 58.4 Å². The molecule has 1 amide bonds. The molecule has 0 radical (unpaired) electrons. The second-order valence-corrected chi connectivity index (χ2v) is 6.20. The number of nitrogens with two attached hydrogens (primary N) is 1. The predicted octanol–water partition coefficient (Wildman–Crippen LogP) is 1.32. The fourth-order valence-corrected chi connectivity index (χ4v) is 3.86. The molecule has 1 saturated carbocycles. The Hall–Kier alpha value is -1.36. The summed E-state index contributed by atoms with van der Waals surface area (Å²) in [5.74, 6) is -0.223. The minimum atomic E-state index is -0.547. The highest BCUT2D eigenvalue weighted by atomic mass is 16.1. The number of aryl methyl sites for hydroxylation is 1. The molecule has 1 aromatic heterocycles. The summed E-state index contributed by atoms with van der Waals surface area (Å²) in [6.45, 7) is 0. The average molecular weight is 276 g/mol. The Kier molecular flexibility index (Phi) is 3.54. The molecule has 1 fully saturated rings. The molecule has 3 rings (SSSR count). The largest absolute Gasteiger partial charge is 0.368 e. The molecule has 0 bridgehead atoms. The van der Waals surface area contributed by atoms with Gasteiger partial charge in [-0.2, -0.15) is 0 Å². The molecule has 2 aliphatic rings. The second kappa shape index (κ2) is 5.20. The molecule has 2 atom stereocenters. The van der Waals surface area contributed by atoms with Crippen molar-refractivity contribution >= 4 is 5.91 Å². The van der Waals surface area contributed by atoms with Crippen molar-refractivity contribution in [3.05, 3.63) is 17.7 Å². The fourth-order valence-electron chi connectivity index (χ4n) is 3.86. The van der Waals surface area contributed by atoms with Gasteiger partial charge in [-0.25, -0.2) is 4.98 Å². The summed E-state index contributed by atoms with van der Waals surface area (Å²) in [6, 6.07) is 0.345. The lowest BCUT2D eigenvalue weighted by Gasteiger charge is -2.39. The molecular weight excluding hydrogens is 252 g/mol. The topological polar surface area (TPSA) is 72.9 Å². The average Bonchev–Trinajstić information content (AvgIpc) is 2.91. The summed E-state index contributed by atoms with van der Waals surface area (Å²) in [4.78, 5) is 16.4. The summed E-state index contributed by atoms with van der Waals surface area (Å²) in [5, 5.41) is 3.18. The summed E-state index contributed by atoms with van der Waals surface area (Å²) in [6.07, 6.45) is 10.5. The maximum Gasteiger partial charge on any atom is 0.237 e. The number of fused-ring (bicyclic) bond motifs is 1. The number of aromatic nitrogens is 2. The fraction of sp³-hybridized carbons (Fsp3) is 0.733. The summed E-state index contributed by atoms with van der Waals surface area (Å²) < 4.78 is 2.32. The van der Waals surface area contributed by atoms with Gasteiger partial charge >= 0.3 is 0 Å². The lowest BCUT2D eigenvalue weighted by molar-refractivity contribution is -0.126. The normalized spacial score (nSPS) is 29.9. The van der Waals surface area contributed by atoms with E-state index < -0.39 is 5.54 Å². The monoisotopic (exact) mass is 276 g/mol. The van der Waals surface area contributed by atoms with Crippen molar-refractivity contribution < 1.29 is 4.79 Å². The number of amides is 1. The van der Waals surface area contributed by atoms with Crippen LogP contribution in [-0.2, 0) is 17.6 Å². The van der Waals surface area contributed by atoms with Crippen LogP contribution in [-0.4, -0.2) is 28.0 Å². The number of carbonyl (C=O) groups excluding carboxylic acids is 1. The van der Waals surface area contributed by atoms with Crippen LogP contribution in [0.2, 0.25) is 0 Å². The number of hydrogen-bond acceptors (Lipinski definition) is 3. The molecule has 5 heteroatoms. The SMILES string of the molecule is CNC1(C(N)=O)CCCC(n2cnc3c2CCCC3)C1. The summed E-state index contributed by atoms with van der Waals surface area (Å²) >= 11 is 0. The van der Waals surface area contributed by atoms with E-state index in [9.17, 15) is 4.79 Å². The van der Waals surface area contributed by atoms with Gasteiger partial charge in [0.25, 0.3) is 0 Å². The Morgan fingerprint density at radius 1 is 1.45 bits per heavy atom. The van der Waals surface area contributed by atoms with Crippen molar-refractivity contribution in [2.24, 2.45) is 5.73 Å². The third-order valence-electron chi connectivity index (χ3n) is 5.13. The molecule has 0 spiro atoms. The standard InChI is InChI=1S/C15H24N4O/c1-17-15(14(16)20)8-4-5-11(9-15)19-10-18-12-6-2-3-7-13(12)19/h10-11,17H,2-9H2,1H3,(H2,16,20). The van der Waals surface area contributed by atoms with Gasteiger partial charge in [-0.1, -0.05) is 0 Å². The van der Waals surface area contributed by atoms with Gasteiger partial charge in [0.2, 0.25) is 5.91 Å². The van der Waals surface area contributed by atoms with Gasteiger partial charge < -0.3 is 15.6 Å². The van der Waals surface area contributed by atoms with Gasteiger partial charge in [0.15, 0.2) is 0 Å². The first kappa shape index (κ1) is 13.6. The van der Waals surface area contributed by atoms with E-state index in [2.05, 4.69) is 14.9 Å². The molecule has 110 valence electrons. The quantitative estimate of drug-likeness (QED) is 0.874. The number of imidazole rings is 1. The van der Waals surface area contributed by atoms with Gasteiger partial charge in [0.1, 0.15) is 0 Å². The van der Waals surface area contributed by atoms with Gasteiger partial charge in [-0.3, -0.25) is 4.79 Å². The van der Waals surface area contributed by atoms with Gasteiger partial charge in [0, 0.05) is 11.7 Å². The molecule has 1 heterocycles.